The molecule has 33 heavy (non-hydrogen) atoms. The average Bonchev–Trinajstić information content (AvgIpc) is 3.48. The van der Waals surface area contributed by atoms with Crippen LogP contribution in [0.1, 0.15) is 37.8 Å². The number of benzene rings is 2. The van der Waals surface area contributed by atoms with Gasteiger partial charge in [0.05, 0.1) is 17.2 Å². The van der Waals surface area contributed by atoms with E-state index < -0.39 is 0 Å². The van der Waals surface area contributed by atoms with Gasteiger partial charge in [-0.15, -0.1) is 0 Å². The Kier molecular flexibility index (Phi) is 5.74. The van der Waals surface area contributed by atoms with E-state index in [1.165, 1.54) is 11.1 Å². The SMILES string of the molecule is CC(C)Oc1ccc(-c2nc(-c3cccc4c3CC[C@]43CC(=O)N(CCO)C3)no2)cc1Br. The van der Waals surface area contributed by atoms with Crippen molar-refractivity contribution < 1.29 is 19.2 Å². The lowest BCUT2D eigenvalue weighted by Crippen LogP contribution is -2.32. The van der Waals surface area contributed by atoms with Crippen LogP contribution in [0.15, 0.2) is 45.4 Å². The van der Waals surface area contributed by atoms with Crippen molar-refractivity contribution in [3.8, 4) is 28.6 Å². The molecule has 2 heterocycles. The molecular weight excluding hydrogens is 486 g/mol. The number of aliphatic hydroxyl groups excluding tert-OH is 1. The number of nitrogens with zero attached hydrogens (tertiary/aromatic N) is 3. The van der Waals surface area contributed by atoms with E-state index in [0.29, 0.717) is 31.2 Å². The Bertz CT molecular complexity index is 1210. The van der Waals surface area contributed by atoms with Crippen molar-refractivity contribution in [2.75, 3.05) is 19.7 Å². The summed E-state index contributed by atoms with van der Waals surface area (Å²) in [5, 5.41) is 13.6. The highest BCUT2D eigenvalue weighted by atomic mass is 79.9. The summed E-state index contributed by atoms with van der Waals surface area (Å²) in [6.45, 7) is 5.00. The number of ether oxygens (including phenoxy) is 1. The Labute approximate surface area is 200 Å². The highest BCUT2D eigenvalue weighted by molar-refractivity contribution is 9.10. The molecule has 1 aromatic heterocycles. The minimum absolute atomic E-state index is 0.0129. The summed E-state index contributed by atoms with van der Waals surface area (Å²) in [6, 6.07) is 11.9. The van der Waals surface area contributed by atoms with E-state index in [4.69, 9.17) is 9.26 Å². The number of β-amino-alcohol motifs (C(OH)–C–C–N with tert-alkyl or cyclic N) is 1. The van der Waals surface area contributed by atoms with E-state index in [2.05, 4.69) is 32.1 Å². The minimum Gasteiger partial charge on any atom is -0.490 e. The molecular formula is C25H26BrN3O4. The second-order valence-corrected chi connectivity index (χ2v) is 9.92. The molecule has 8 heteroatoms. The summed E-state index contributed by atoms with van der Waals surface area (Å²) >= 11 is 3.56. The molecule has 1 aliphatic carbocycles. The first-order valence-corrected chi connectivity index (χ1v) is 12.0. The summed E-state index contributed by atoms with van der Waals surface area (Å²) in [5.74, 6) is 1.87. The summed E-state index contributed by atoms with van der Waals surface area (Å²) < 4.78 is 12.2. The van der Waals surface area contributed by atoms with Crippen LogP contribution in [0, 0.1) is 0 Å². The van der Waals surface area contributed by atoms with E-state index in [9.17, 15) is 9.90 Å². The third-order valence-corrected chi connectivity index (χ3v) is 7.13. The third-order valence-electron chi connectivity index (χ3n) is 6.52. The number of rotatable bonds is 6. The van der Waals surface area contributed by atoms with Gasteiger partial charge in [0.2, 0.25) is 11.7 Å². The molecule has 0 bridgehead atoms. The van der Waals surface area contributed by atoms with Gasteiger partial charge >= 0.3 is 0 Å². The fourth-order valence-corrected chi connectivity index (χ4v) is 5.55. The molecule has 1 atom stereocenters. The van der Waals surface area contributed by atoms with Crippen LogP contribution in [-0.2, 0) is 16.6 Å². The highest BCUT2D eigenvalue weighted by Crippen LogP contribution is 2.48. The second-order valence-electron chi connectivity index (χ2n) is 9.06. The Morgan fingerprint density at radius 2 is 2.15 bits per heavy atom. The van der Waals surface area contributed by atoms with Crippen LogP contribution >= 0.6 is 15.9 Å². The zero-order valence-corrected chi connectivity index (χ0v) is 20.3. The first kappa shape index (κ1) is 22.1. The van der Waals surface area contributed by atoms with Crippen LogP contribution < -0.4 is 4.74 Å². The molecule has 1 fully saturated rings. The van der Waals surface area contributed by atoms with E-state index >= 15 is 0 Å². The molecule has 5 rings (SSSR count). The van der Waals surface area contributed by atoms with Gasteiger partial charge in [-0.25, -0.2) is 0 Å². The van der Waals surface area contributed by atoms with E-state index in [0.717, 1.165) is 34.2 Å². The number of hydrogen-bond acceptors (Lipinski definition) is 6. The number of aliphatic hydroxyl groups is 1. The summed E-state index contributed by atoms with van der Waals surface area (Å²) in [5.41, 5.74) is 3.94. The molecule has 2 aliphatic rings. The monoisotopic (exact) mass is 511 g/mol. The van der Waals surface area contributed by atoms with Crippen molar-refractivity contribution in [3.05, 3.63) is 52.0 Å². The predicted molar refractivity (Wildman–Crippen MR) is 127 cm³/mol. The average molecular weight is 512 g/mol. The number of carbonyl (C=O) groups is 1. The van der Waals surface area contributed by atoms with Crippen LogP contribution in [0.2, 0.25) is 0 Å². The van der Waals surface area contributed by atoms with Gasteiger partial charge in [0.15, 0.2) is 0 Å². The smallest absolute Gasteiger partial charge is 0.258 e. The molecule has 3 aromatic rings. The number of halogens is 1. The van der Waals surface area contributed by atoms with Gasteiger partial charge in [0.1, 0.15) is 5.75 Å². The number of amides is 1. The van der Waals surface area contributed by atoms with Gasteiger partial charge in [0, 0.05) is 36.1 Å². The molecule has 1 N–H and O–H groups in total. The predicted octanol–water partition coefficient (Wildman–Crippen LogP) is 4.36. The van der Waals surface area contributed by atoms with Crippen LogP contribution in [0.4, 0.5) is 0 Å². The highest BCUT2D eigenvalue weighted by Gasteiger charge is 2.48. The van der Waals surface area contributed by atoms with Crippen LogP contribution in [-0.4, -0.2) is 51.9 Å². The normalized spacial score (nSPS) is 19.7. The lowest BCUT2D eigenvalue weighted by Gasteiger charge is -2.24. The van der Waals surface area contributed by atoms with Crippen LogP contribution in [0.5, 0.6) is 5.75 Å². The zero-order valence-electron chi connectivity index (χ0n) is 18.7. The van der Waals surface area contributed by atoms with Crippen molar-refractivity contribution >= 4 is 21.8 Å². The molecule has 172 valence electrons. The Morgan fingerprint density at radius 1 is 1.30 bits per heavy atom. The molecule has 0 unspecified atom stereocenters. The van der Waals surface area contributed by atoms with E-state index in [1.54, 1.807) is 4.90 Å². The van der Waals surface area contributed by atoms with Crippen LogP contribution in [0.3, 0.4) is 0 Å². The first-order chi connectivity index (χ1) is 15.9. The van der Waals surface area contributed by atoms with Crippen molar-refractivity contribution in [1.29, 1.82) is 0 Å². The van der Waals surface area contributed by atoms with Crippen molar-refractivity contribution in [2.24, 2.45) is 0 Å². The lowest BCUT2D eigenvalue weighted by molar-refractivity contribution is -0.128. The molecule has 0 saturated carbocycles. The van der Waals surface area contributed by atoms with E-state index in [-0.39, 0.29) is 24.0 Å². The lowest BCUT2D eigenvalue weighted by atomic mass is 9.80. The Morgan fingerprint density at radius 3 is 2.91 bits per heavy atom. The maximum absolute atomic E-state index is 12.5. The van der Waals surface area contributed by atoms with Gasteiger partial charge < -0.3 is 19.3 Å². The number of hydrogen-bond donors (Lipinski definition) is 1. The molecule has 7 nitrogen and oxygen atoms in total. The maximum atomic E-state index is 12.5. The first-order valence-electron chi connectivity index (χ1n) is 11.2. The molecule has 1 spiro atoms. The topological polar surface area (TPSA) is 88.7 Å². The van der Waals surface area contributed by atoms with Crippen molar-refractivity contribution in [1.82, 2.24) is 15.0 Å². The Hall–Kier alpha value is -2.71. The molecule has 1 aliphatic heterocycles. The fraction of sp³-hybridized carbons (Fsp3) is 0.400. The molecule has 1 amide bonds. The van der Waals surface area contributed by atoms with Gasteiger partial charge in [0.25, 0.3) is 5.89 Å². The van der Waals surface area contributed by atoms with Crippen LogP contribution in [0.25, 0.3) is 22.8 Å². The third kappa shape index (κ3) is 3.95. The van der Waals surface area contributed by atoms with Crippen molar-refractivity contribution in [3.63, 3.8) is 0 Å². The number of carbonyl (C=O) groups excluding carboxylic acids is 1. The quantitative estimate of drug-likeness (QED) is 0.528. The Balaban J connectivity index is 1.45. The molecule has 2 aromatic carbocycles. The minimum atomic E-state index is -0.193. The van der Waals surface area contributed by atoms with Gasteiger partial charge in [-0.2, -0.15) is 4.98 Å². The molecule has 0 radical (unpaired) electrons. The van der Waals surface area contributed by atoms with Gasteiger partial charge in [-0.05, 0) is 71.9 Å². The number of likely N-dealkylation sites (tertiary alicyclic amines) is 1. The van der Waals surface area contributed by atoms with Gasteiger partial charge in [-0.3, -0.25) is 4.79 Å². The summed E-state index contributed by atoms with van der Waals surface area (Å²) in [6.07, 6.45) is 2.33. The number of fused-ring (bicyclic) bond motifs is 2. The summed E-state index contributed by atoms with van der Waals surface area (Å²) in [7, 11) is 0. The summed E-state index contributed by atoms with van der Waals surface area (Å²) in [4.78, 5) is 19.0. The van der Waals surface area contributed by atoms with Crippen molar-refractivity contribution in [2.45, 2.75) is 44.6 Å². The number of aromatic nitrogens is 2. The van der Waals surface area contributed by atoms with E-state index in [1.807, 2.05) is 44.2 Å². The second kappa shape index (κ2) is 8.57. The fourth-order valence-electron chi connectivity index (χ4n) is 5.08. The maximum Gasteiger partial charge on any atom is 0.258 e. The zero-order chi connectivity index (χ0) is 23.2. The largest absolute Gasteiger partial charge is 0.490 e. The standard InChI is InChI=1S/C25H26BrN3O4/c1-15(2)32-21-7-6-16(12-20(21)26)24-27-23(28-33-24)18-4-3-5-19-17(18)8-9-25(19)13-22(31)29(14-25)10-11-30/h3-7,12,15,30H,8-11,13-14H2,1-2H3/t25-/m1/s1. The molecule has 1 saturated heterocycles. The van der Waals surface area contributed by atoms with Gasteiger partial charge in [-0.1, -0.05) is 23.4 Å².